The molecule has 0 radical (unpaired) electrons. The van der Waals surface area contributed by atoms with Gasteiger partial charge in [0.15, 0.2) is 0 Å². The van der Waals surface area contributed by atoms with Gasteiger partial charge < -0.3 is 5.32 Å². The van der Waals surface area contributed by atoms with E-state index < -0.39 is 5.54 Å². The number of nitrogens with one attached hydrogen (secondary N) is 1. The number of carbonyl (C=O) groups excluding carboxylic acids is 1. The van der Waals surface area contributed by atoms with Gasteiger partial charge in [0.25, 0.3) is 5.91 Å². The topological polar surface area (TPSA) is 42.0 Å². The van der Waals surface area contributed by atoms with Crippen molar-refractivity contribution in [1.82, 2.24) is 10.3 Å². The molecule has 0 aliphatic heterocycles. The molecule has 1 aromatic carbocycles. The molecule has 1 aromatic heterocycles. The number of amides is 1. The first-order chi connectivity index (χ1) is 8.90. The Morgan fingerprint density at radius 2 is 2.05 bits per heavy atom. The zero-order chi connectivity index (χ0) is 14.0. The second-order valence-corrected chi connectivity index (χ2v) is 6.57. The minimum Gasteiger partial charge on any atom is -0.341 e. The number of hydrogen-bond acceptors (Lipinski definition) is 3. The van der Waals surface area contributed by atoms with Crippen LogP contribution in [0.1, 0.15) is 34.9 Å². The summed E-state index contributed by atoms with van der Waals surface area (Å²) in [5.41, 5.74) is 1.12. The highest BCUT2D eigenvalue weighted by Crippen LogP contribution is 2.25. The van der Waals surface area contributed by atoms with Gasteiger partial charge in [-0.2, -0.15) is 0 Å². The maximum absolute atomic E-state index is 12.3. The maximum atomic E-state index is 12.3. The molecule has 0 aliphatic rings. The Morgan fingerprint density at radius 3 is 2.63 bits per heavy atom. The van der Waals surface area contributed by atoms with Crippen LogP contribution < -0.4 is 5.32 Å². The van der Waals surface area contributed by atoms with E-state index >= 15 is 0 Å². The number of benzene rings is 1. The molecule has 0 saturated heterocycles. The van der Waals surface area contributed by atoms with E-state index in [9.17, 15) is 4.79 Å². The maximum Gasteiger partial charge on any atom is 0.253 e. The fourth-order valence-electron chi connectivity index (χ4n) is 1.69. The van der Waals surface area contributed by atoms with Crippen LogP contribution in [-0.4, -0.2) is 10.9 Å². The molecule has 0 fully saturated rings. The van der Waals surface area contributed by atoms with E-state index in [0.717, 1.165) is 15.2 Å². The van der Waals surface area contributed by atoms with Crippen LogP contribution in [-0.2, 0) is 5.54 Å². The number of nitrogens with zero attached hydrogens (tertiary/aromatic N) is 1. The quantitative estimate of drug-likeness (QED) is 0.922. The lowest BCUT2D eigenvalue weighted by Gasteiger charge is -2.24. The Balaban J connectivity index is 2.21. The monoisotopic (exact) mass is 338 g/mol. The van der Waals surface area contributed by atoms with E-state index in [1.54, 1.807) is 17.4 Å². The average Bonchev–Trinajstić information content (AvgIpc) is 2.76. The van der Waals surface area contributed by atoms with Crippen molar-refractivity contribution in [3.8, 4) is 0 Å². The molecule has 0 aliphatic carbocycles. The van der Waals surface area contributed by atoms with E-state index in [-0.39, 0.29) is 5.91 Å². The van der Waals surface area contributed by atoms with Crippen molar-refractivity contribution in [3.63, 3.8) is 0 Å². The fourth-order valence-corrected chi connectivity index (χ4v) is 3.03. The largest absolute Gasteiger partial charge is 0.341 e. The van der Waals surface area contributed by atoms with Gasteiger partial charge in [0, 0.05) is 15.5 Å². The first-order valence-electron chi connectivity index (χ1n) is 5.90. The standard InChI is InChI=1S/C14H15BrN2OS/c1-9-8-19-13(16-9)14(2,3)17-12(18)10-6-4-5-7-11(10)15/h4-8H,1-3H3,(H,17,18). The Hall–Kier alpha value is -1.20. The average molecular weight is 339 g/mol. The van der Waals surface area contributed by atoms with Gasteiger partial charge in [-0.15, -0.1) is 11.3 Å². The van der Waals surface area contributed by atoms with Gasteiger partial charge in [-0.1, -0.05) is 12.1 Å². The zero-order valence-electron chi connectivity index (χ0n) is 11.0. The SMILES string of the molecule is Cc1csc(C(C)(C)NC(=O)c2ccccc2Br)n1. The lowest BCUT2D eigenvalue weighted by atomic mass is 10.1. The highest BCUT2D eigenvalue weighted by molar-refractivity contribution is 9.10. The summed E-state index contributed by atoms with van der Waals surface area (Å²) >= 11 is 4.95. The summed E-state index contributed by atoms with van der Waals surface area (Å²) < 4.78 is 0.790. The summed E-state index contributed by atoms with van der Waals surface area (Å²) in [6.07, 6.45) is 0. The van der Waals surface area contributed by atoms with Crippen LogP contribution in [0.3, 0.4) is 0 Å². The van der Waals surface area contributed by atoms with Crippen LogP contribution in [0.4, 0.5) is 0 Å². The van der Waals surface area contributed by atoms with Crippen molar-refractivity contribution < 1.29 is 4.79 Å². The molecule has 19 heavy (non-hydrogen) atoms. The van der Waals surface area contributed by atoms with Gasteiger partial charge in [-0.3, -0.25) is 4.79 Å². The minimum atomic E-state index is -0.481. The number of hydrogen-bond donors (Lipinski definition) is 1. The Bertz CT molecular complexity index is 607. The van der Waals surface area contributed by atoms with Gasteiger partial charge in [0.1, 0.15) is 5.01 Å². The summed E-state index contributed by atoms with van der Waals surface area (Å²) in [4.78, 5) is 16.7. The van der Waals surface area contributed by atoms with Crippen LogP contribution >= 0.6 is 27.3 Å². The second-order valence-electron chi connectivity index (χ2n) is 4.85. The molecule has 1 amide bonds. The van der Waals surface area contributed by atoms with Gasteiger partial charge in [0.05, 0.1) is 11.1 Å². The van der Waals surface area contributed by atoms with Gasteiger partial charge in [-0.25, -0.2) is 4.98 Å². The summed E-state index contributed by atoms with van der Waals surface area (Å²) in [6, 6.07) is 7.38. The number of halogens is 1. The highest BCUT2D eigenvalue weighted by Gasteiger charge is 2.27. The lowest BCUT2D eigenvalue weighted by molar-refractivity contribution is 0.0911. The van der Waals surface area contributed by atoms with Crippen LogP contribution in [0.5, 0.6) is 0 Å². The smallest absolute Gasteiger partial charge is 0.253 e. The minimum absolute atomic E-state index is 0.106. The van der Waals surface area contributed by atoms with Gasteiger partial charge >= 0.3 is 0 Å². The Morgan fingerprint density at radius 1 is 1.37 bits per heavy atom. The molecule has 0 saturated carbocycles. The normalized spacial score (nSPS) is 11.4. The van der Waals surface area contributed by atoms with Crippen molar-refractivity contribution in [3.05, 3.63) is 50.4 Å². The molecule has 3 nitrogen and oxygen atoms in total. The Labute approximate surface area is 125 Å². The molecular weight excluding hydrogens is 324 g/mol. The molecule has 1 N–H and O–H groups in total. The summed E-state index contributed by atoms with van der Waals surface area (Å²) in [7, 11) is 0. The van der Waals surface area contributed by atoms with Crippen LogP contribution in [0.25, 0.3) is 0 Å². The summed E-state index contributed by atoms with van der Waals surface area (Å²) in [5, 5.41) is 5.92. The van der Waals surface area contributed by atoms with Crippen LogP contribution in [0.15, 0.2) is 34.1 Å². The van der Waals surface area contributed by atoms with Gasteiger partial charge in [-0.05, 0) is 48.8 Å². The summed E-state index contributed by atoms with van der Waals surface area (Å²) in [6.45, 7) is 5.87. The molecule has 0 bridgehead atoms. The molecule has 2 rings (SSSR count). The number of aromatic nitrogens is 1. The fraction of sp³-hybridized carbons (Fsp3) is 0.286. The molecule has 0 unspecified atom stereocenters. The molecule has 0 atom stereocenters. The van der Waals surface area contributed by atoms with E-state index in [1.165, 1.54) is 0 Å². The Kier molecular flexibility index (Phi) is 4.06. The first-order valence-corrected chi connectivity index (χ1v) is 7.57. The first kappa shape index (κ1) is 14.2. The molecule has 0 spiro atoms. The predicted octanol–water partition coefficient (Wildman–Crippen LogP) is 3.88. The number of rotatable bonds is 3. The van der Waals surface area contributed by atoms with Gasteiger partial charge in [0.2, 0.25) is 0 Å². The van der Waals surface area contributed by atoms with Crippen LogP contribution in [0, 0.1) is 6.92 Å². The van der Waals surface area contributed by atoms with Crippen molar-refractivity contribution in [2.24, 2.45) is 0 Å². The zero-order valence-corrected chi connectivity index (χ0v) is 13.4. The van der Waals surface area contributed by atoms with E-state index in [0.29, 0.717) is 5.56 Å². The molecule has 5 heteroatoms. The van der Waals surface area contributed by atoms with Crippen molar-refractivity contribution >= 4 is 33.2 Å². The number of thiazole rings is 1. The van der Waals surface area contributed by atoms with E-state index in [2.05, 4.69) is 26.2 Å². The lowest BCUT2D eigenvalue weighted by Crippen LogP contribution is -2.41. The van der Waals surface area contributed by atoms with Crippen molar-refractivity contribution in [1.29, 1.82) is 0 Å². The second kappa shape index (κ2) is 5.43. The van der Waals surface area contributed by atoms with Crippen LogP contribution in [0.2, 0.25) is 0 Å². The number of carbonyl (C=O) groups is 1. The van der Waals surface area contributed by atoms with E-state index in [4.69, 9.17) is 0 Å². The van der Waals surface area contributed by atoms with E-state index in [1.807, 2.05) is 44.4 Å². The van der Waals surface area contributed by atoms with Crippen molar-refractivity contribution in [2.45, 2.75) is 26.3 Å². The molecule has 2 aromatic rings. The van der Waals surface area contributed by atoms with Crippen molar-refractivity contribution in [2.75, 3.05) is 0 Å². The third-order valence-electron chi connectivity index (χ3n) is 2.70. The molecule has 100 valence electrons. The summed E-state index contributed by atoms with van der Waals surface area (Å²) in [5.74, 6) is -0.106. The number of aryl methyl sites for hydroxylation is 1. The highest BCUT2D eigenvalue weighted by atomic mass is 79.9. The third kappa shape index (κ3) is 3.22. The molecular formula is C14H15BrN2OS. The predicted molar refractivity (Wildman–Crippen MR) is 81.5 cm³/mol. The third-order valence-corrected chi connectivity index (χ3v) is 4.67. The molecule has 1 heterocycles.